The van der Waals surface area contributed by atoms with Gasteiger partial charge in [-0.3, -0.25) is 24.0 Å². The number of hydrogen-bond acceptors (Lipinski definition) is 8. The molecule has 0 unspecified atom stereocenters. The molecule has 4 heterocycles. The Morgan fingerprint density at radius 3 is 2.56 bits per heavy atom. The number of fused-ring (bicyclic) bond motifs is 1. The van der Waals surface area contributed by atoms with Gasteiger partial charge in [0.1, 0.15) is 23.5 Å². The van der Waals surface area contributed by atoms with E-state index in [-0.39, 0.29) is 22.7 Å². The molecule has 0 atom stereocenters. The van der Waals surface area contributed by atoms with E-state index in [9.17, 15) is 14.0 Å². The van der Waals surface area contributed by atoms with Gasteiger partial charge in [-0.05, 0) is 61.5 Å². The molecule has 1 fully saturated rings. The molecule has 6 rings (SSSR count). The van der Waals surface area contributed by atoms with Crippen molar-refractivity contribution < 1.29 is 27.8 Å². The maximum absolute atomic E-state index is 15.2. The number of anilines is 1. The molecule has 5 aromatic rings. The van der Waals surface area contributed by atoms with Crippen molar-refractivity contribution in [2.24, 2.45) is 0 Å². The lowest BCUT2D eigenvalue weighted by Gasteiger charge is -2.26. The highest BCUT2D eigenvalue weighted by atomic mass is 19.1. The Bertz CT molecular complexity index is 1910. The van der Waals surface area contributed by atoms with Crippen LogP contribution in [-0.4, -0.2) is 64.8 Å². The summed E-state index contributed by atoms with van der Waals surface area (Å²) < 4.78 is 47.0. The van der Waals surface area contributed by atoms with Crippen LogP contribution in [0, 0.1) is 18.6 Å². The van der Waals surface area contributed by atoms with Gasteiger partial charge in [0.15, 0.2) is 17.3 Å². The molecule has 1 saturated heterocycles. The zero-order valence-electron chi connectivity index (χ0n) is 24.3. The summed E-state index contributed by atoms with van der Waals surface area (Å²) in [7, 11) is 0. The third kappa shape index (κ3) is 6.82. The van der Waals surface area contributed by atoms with E-state index in [1.165, 1.54) is 53.2 Å². The zero-order valence-corrected chi connectivity index (χ0v) is 24.3. The monoisotopic (exact) mass is 613 g/mol. The van der Waals surface area contributed by atoms with Crippen LogP contribution in [0.25, 0.3) is 16.7 Å². The number of benzene rings is 2. The smallest absolute Gasteiger partial charge is 0.268 e. The average Bonchev–Trinajstić information content (AvgIpc) is 3.04. The third-order valence-electron chi connectivity index (χ3n) is 7.30. The third-order valence-corrected chi connectivity index (χ3v) is 7.30. The van der Waals surface area contributed by atoms with Gasteiger partial charge in [-0.15, -0.1) is 0 Å². The van der Waals surface area contributed by atoms with E-state index >= 15 is 4.39 Å². The van der Waals surface area contributed by atoms with E-state index in [1.807, 2.05) is 0 Å². The number of aryl methyl sites for hydroxylation is 1. The first-order chi connectivity index (χ1) is 21.9. The summed E-state index contributed by atoms with van der Waals surface area (Å²) in [6.07, 6.45) is 1.53. The molecule has 230 valence electrons. The molecule has 2 aromatic carbocycles. The number of amides is 1. The Hall–Kier alpha value is -5.20. The lowest BCUT2D eigenvalue weighted by atomic mass is 10.2. The second kappa shape index (κ2) is 13.2. The van der Waals surface area contributed by atoms with Crippen molar-refractivity contribution >= 4 is 22.6 Å². The molecule has 10 nitrogen and oxygen atoms in total. The number of carbonyl (C=O) groups is 1. The van der Waals surface area contributed by atoms with Crippen LogP contribution in [-0.2, 0) is 4.74 Å². The van der Waals surface area contributed by atoms with Crippen LogP contribution in [0.5, 0.6) is 17.4 Å². The van der Waals surface area contributed by atoms with Gasteiger partial charge in [-0.25, -0.2) is 13.8 Å². The van der Waals surface area contributed by atoms with Crippen LogP contribution >= 0.6 is 0 Å². The number of nitrogens with one attached hydrogen (secondary N) is 1. The molecule has 0 radical (unpaired) electrons. The second-order valence-corrected chi connectivity index (χ2v) is 10.3. The number of morpholine rings is 1. The van der Waals surface area contributed by atoms with E-state index in [0.717, 1.165) is 25.7 Å². The largest absolute Gasteiger partial charge is 0.476 e. The van der Waals surface area contributed by atoms with Crippen molar-refractivity contribution in [2.75, 3.05) is 44.8 Å². The summed E-state index contributed by atoms with van der Waals surface area (Å²) >= 11 is 0. The second-order valence-electron chi connectivity index (χ2n) is 10.3. The number of halogens is 2. The first kappa shape index (κ1) is 29.9. The molecule has 0 aliphatic carbocycles. The summed E-state index contributed by atoms with van der Waals surface area (Å²) in [5.41, 5.74) is 1.26. The highest BCUT2D eigenvalue weighted by Crippen LogP contribution is 2.31. The van der Waals surface area contributed by atoms with Crippen molar-refractivity contribution in [1.82, 2.24) is 19.4 Å². The van der Waals surface area contributed by atoms with Crippen LogP contribution < -0.4 is 20.3 Å². The fraction of sp³-hybridized carbons (Fsp3) is 0.212. The molecule has 0 saturated carbocycles. The molecule has 3 aromatic heterocycles. The van der Waals surface area contributed by atoms with Gasteiger partial charge < -0.3 is 19.5 Å². The Kier molecular flexibility index (Phi) is 8.76. The predicted molar refractivity (Wildman–Crippen MR) is 163 cm³/mol. The fourth-order valence-electron chi connectivity index (χ4n) is 4.94. The molecule has 1 N–H and O–H groups in total. The minimum Gasteiger partial charge on any atom is -0.476 e. The summed E-state index contributed by atoms with van der Waals surface area (Å²) in [6, 6.07) is 17.3. The summed E-state index contributed by atoms with van der Waals surface area (Å²) in [5, 5.41) is 2.56. The highest BCUT2D eigenvalue weighted by Gasteiger charge is 2.17. The Morgan fingerprint density at radius 1 is 0.978 bits per heavy atom. The lowest BCUT2D eigenvalue weighted by molar-refractivity contribution is 0.0320. The molecular formula is C33H29F2N5O5. The number of rotatable bonds is 9. The molecule has 45 heavy (non-hydrogen) atoms. The minimum atomic E-state index is -0.747. The fourth-order valence-corrected chi connectivity index (χ4v) is 4.94. The van der Waals surface area contributed by atoms with E-state index in [2.05, 4.69) is 20.2 Å². The molecule has 12 heteroatoms. The Morgan fingerprint density at radius 2 is 1.78 bits per heavy atom. The van der Waals surface area contributed by atoms with E-state index in [4.69, 9.17) is 14.2 Å². The maximum atomic E-state index is 15.2. The van der Waals surface area contributed by atoms with Gasteiger partial charge in [-0.1, -0.05) is 0 Å². The van der Waals surface area contributed by atoms with E-state index < -0.39 is 23.1 Å². The normalized spacial score (nSPS) is 13.5. The van der Waals surface area contributed by atoms with Crippen molar-refractivity contribution in [1.29, 1.82) is 0 Å². The van der Waals surface area contributed by atoms with E-state index in [1.54, 1.807) is 31.2 Å². The molecule has 1 amide bonds. The van der Waals surface area contributed by atoms with Gasteiger partial charge in [0.25, 0.3) is 11.5 Å². The number of aromatic nitrogens is 3. The van der Waals surface area contributed by atoms with Crippen LogP contribution in [0.1, 0.15) is 16.1 Å². The van der Waals surface area contributed by atoms with Crippen molar-refractivity contribution in [3.05, 3.63) is 112 Å². The van der Waals surface area contributed by atoms with Gasteiger partial charge in [0.05, 0.1) is 18.7 Å². The molecule has 1 aliphatic rings. The number of nitrogens with zero attached hydrogens (tertiary/aromatic N) is 4. The van der Waals surface area contributed by atoms with Gasteiger partial charge in [-0.2, -0.15) is 0 Å². The molecule has 0 bridgehead atoms. The summed E-state index contributed by atoms with van der Waals surface area (Å²) in [6.45, 7) is 6.00. The Balaban J connectivity index is 1.16. The zero-order chi connectivity index (χ0) is 31.3. The van der Waals surface area contributed by atoms with Crippen LogP contribution in [0.2, 0.25) is 0 Å². The van der Waals surface area contributed by atoms with Crippen molar-refractivity contribution in [2.45, 2.75) is 6.92 Å². The molecule has 1 aliphatic heterocycles. The van der Waals surface area contributed by atoms with Crippen molar-refractivity contribution in [3.63, 3.8) is 0 Å². The average molecular weight is 614 g/mol. The molecule has 0 spiro atoms. The maximum Gasteiger partial charge on any atom is 0.268 e. The quantitative estimate of drug-likeness (QED) is 0.244. The Labute approximate surface area is 256 Å². The lowest BCUT2D eigenvalue weighted by Crippen LogP contribution is -2.38. The summed E-state index contributed by atoms with van der Waals surface area (Å²) in [4.78, 5) is 37.3. The standard InChI is InChI=1S/C33H29F2N5O5/c1-21-2-8-25(33(42)40(21)24-6-3-22(34)4-7-24)32(41)37-23-5-10-28(26(35)20-23)45-29-12-13-36-27-9-11-30(38-31(27)29)44-19-16-39-14-17-43-18-15-39/h2-13,20H,14-19H2,1H3,(H,37,41). The topological polar surface area (TPSA) is 108 Å². The number of hydrogen-bond donors (Lipinski definition) is 1. The van der Waals surface area contributed by atoms with Crippen LogP contribution in [0.3, 0.4) is 0 Å². The van der Waals surface area contributed by atoms with Gasteiger partial charge in [0.2, 0.25) is 5.88 Å². The van der Waals surface area contributed by atoms with Crippen LogP contribution in [0.4, 0.5) is 14.5 Å². The first-order valence-corrected chi connectivity index (χ1v) is 14.3. The number of pyridine rings is 3. The number of ether oxygens (including phenoxy) is 3. The van der Waals surface area contributed by atoms with E-state index in [0.29, 0.717) is 48.1 Å². The predicted octanol–water partition coefficient (Wildman–Crippen LogP) is 5.12. The molecular weight excluding hydrogens is 584 g/mol. The highest BCUT2D eigenvalue weighted by molar-refractivity contribution is 6.04. The summed E-state index contributed by atoms with van der Waals surface area (Å²) in [5.74, 6) is -1.36. The SMILES string of the molecule is Cc1ccc(C(=O)Nc2ccc(Oc3ccnc4ccc(OCCN5CCOCC5)nc34)c(F)c2)c(=O)n1-c1ccc(F)cc1. The minimum absolute atomic E-state index is 0.102. The van der Waals surface area contributed by atoms with Gasteiger partial charge >= 0.3 is 0 Å². The first-order valence-electron chi connectivity index (χ1n) is 14.3. The van der Waals surface area contributed by atoms with Crippen LogP contribution in [0.15, 0.2) is 83.8 Å². The van der Waals surface area contributed by atoms with Crippen molar-refractivity contribution in [3.8, 4) is 23.1 Å². The number of carbonyl (C=O) groups excluding carboxylic acids is 1. The van der Waals surface area contributed by atoms with Gasteiger partial charge in [0, 0.05) is 61.1 Å².